The van der Waals surface area contributed by atoms with Crippen LogP contribution in [0.5, 0.6) is 0 Å². The topological polar surface area (TPSA) is 118 Å². The summed E-state index contributed by atoms with van der Waals surface area (Å²) in [4.78, 5) is 29.1. The van der Waals surface area contributed by atoms with Crippen molar-refractivity contribution in [1.82, 2.24) is 39.6 Å². The summed E-state index contributed by atoms with van der Waals surface area (Å²) in [5, 5.41) is 11.4. The summed E-state index contributed by atoms with van der Waals surface area (Å²) < 4.78 is 3.58. The lowest BCUT2D eigenvalue weighted by atomic mass is 10.1. The van der Waals surface area contributed by atoms with Gasteiger partial charge in [0.1, 0.15) is 11.4 Å². The Hall–Kier alpha value is -4.47. The van der Waals surface area contributed by atoms with E-state index in [1.54, 1.807) is 17.2 Å². The molecule has 33 heavy (non-hydrogen) atoms. The molecule has 0 aliphatic carbocycles. The molecule has 0 atom stereocenters. The van der Waals surface area contributed by atoms with E-state index in [0.717, 1.165) is 39.2 Å². The number of benzene rings is 1. The highest BCUT2D eigenvalue weighted by Crippen LogP contribution is 2.26. The van der Waals surface area contributed by atoms with Gasteiger partial charge < -0.3 is 20.2 Å². The Morgan fingerprint density at radius 3 is 2.76 bits per heavy atom. The number of H-pyrrole nitrogens is 1. The van der Waals surface area contributed by atoms with Crippen molar-refractivity contribution in [2.24, 2.45) is 14.1 Å². The number of imidazole rings is 1. The summed E-state index contributed by atoms with van der Waals surface area (Å²) in [6.45, 7) is 2.36. The van der Waals surface area contributed by atoms with Gasteiger partial charge in [0.25, 0.3) is 5.91 Å². The lowest BCUT2D eigenvalue weighted by molar-refractivity contribution is 0.0946. The second-order valence-corrected chi connectivity index (χ2v) is 7.92. The molecule has 0 bridgehead atoms. The highest BCUT2D eigenvalue weighted by molar-refractivity contribution is 5.99. The Kier molecular flexibility index (Phi) is 5.09. The number of nitrogens with one attached hydrogen (secondary N) is 3. The van der Waals surface area contributed by atoms with Crippen molar-refractivity contribution < 1.29 is 4.79 Å². The zero-order valence-electron chi connectivity index (χ0n) is 18.5. The van der Waals surface area contributed by atoms with Crippen LogP contribution in [0.2, 0.25) is 0 Å². The van der Waals surface area contributed by atoms with E-state index in [-0.39, 0.29) is 5.91 Å². The van der Waals surface area contributed by atoms with Crippen LogP contribution in [0.4, 0.5) is 11.6 Å². The SMILES string of the molecule is Cc1cc(Nc2nccc(-c3cn(C)cn3)n2)cc2cc(C(=O)NCc3ccn(C)n3)[nH]c12. The van der Waals surface area contributed by atoms with Gasteiger partial charge >= 0.3 is 0 Å². The molecule has 0 saturated carbocycles. The Bertz CT molecular complexity index is 1460. The van der Waals surface area contributed by atoms with Crippen molar-refractivity contribution in [1.29, 1.82) is 0 Å². The van der Waals surface area contributed by atoms with Crippen LogP contribution in [0.3, 0.4) is 0 Å². The van der Waals surface area contributed by atoms with Gasteiger partial charge in [-0.15, -0.1) is 0 Å². The molecule has 166 valence electrons. The first-order chi connectivity index (χ1) is 15.9. The molecule has 0 saturated heterocycles. The van der Waals surface area contributed by atoms with Gasteiger partial charge in [-0.1, -0.05) is 0 Å². The highest BCUT2D eigenvalue weighted by atomic mass is 16.1. The number of anilines is 2. The first-order valence-corrected chi connectivity index (χ1v) is 10.4. The molecule has 0 aliphatic heterocycles. The number of amides is 1. The molecule has 1 aromatic carbocycles. The smallest absolute Gasteiger partial charge is 0.268 e. The van der Waals surface area contributed by atoms with Gasteiger partial charge in [0.05, 0.1) is 24.3 Å². The van der Waals surface area contributed by atoms with Crippen molar-refractivity contribution in [3.63, 3.8) is 0 Å². The standard InChI is InChI=1S/C23H23N9O/c1-14-8-17(27-23-24-6-4-18(29-23)20-12-31(2)13-26-20)9-15-10-19(28-21(14)15)22(33)25-11-16-5-7-32(3)30-16/h4-10,12-13,28H,11H2,1-3H3,(H,25,33)(H,24,27,29). The Balaban J connectivity index is 1.35. The quantitative estimate of drug-likeness (QED) is 0.373. The van der Waals surface area contributed by atoms with Crippen molar-refractivity contribution in [3.05, 3.63) is 72.2 Å². The van der Waals surface area contributed by atoms with Crippen LogP contribution in [0.1, 0.15) is 21.7 Å². The molecule has 0 aliphatic rings. The number of carbonyl (C=O) groups is 1. The Labute approximate surface area is 189 Å². The second-order valence-electron chi connectivity index (χ2n) is 7.92. The number of fused-ring (bicyclic) bond motifs is 1. The van der Waals surface area contributed by atoms with Crippen LogP contribution < -0.4 is 10.6 Å². The van der Waals surface area contributed by atoms with Crippen molar-refractivity contribution in [2.75, 3.05) is 5.32 Å². The molecule has 0 radical (unpaired) electrons. The van der Waals surface area contributed by atoms with E-state index in [9.17, 15) is 4.79 Å². The molecule has 4 heterocycles. The average molecular weight is 441 g/mol. The zero-order chi connectivity index (χ0) is 22.9. The van der Waals surface area contributed by atoms with Gasteiger partial charge in [-0.3, -0.25) is 9.48 Å². The van der Waals surface area contributed by atoms with Gasteiger partial charge in [-0.2, -0.15) is 5.10 Å². The fraction of sp³-hybridized carbons (Fsp3) is 0.174. The number of hydrogen-bond acceptors (Lipinski definition) is 6. The minimum Gasteiger partial charge on any atom is -0.350 e. The van der Waals surface area contributed by atoms with Gasteiger partial charge in [-0.25, -0.2) is 15.0 Å². The maximum atomic E-state index is 12.6. The summed E-state index contributed by atoms with van der Waals surface area (Å²) in [5.74, 6) is 0.290. The van der Waals surface area contributed by atoms with E-state index in [4.69, 9.17) is 0 Å². The minimum atomic E-state index is -0.183. The van der Waals surface area contributed by atoms with Crippen LogP contribution in [0.25, 0.3) is 22.3 Å². The van der Waals surface area contributed by atoms with Gasteiger partial charge in [0, 0.05) is 49.3 Å². The summed E-state index contributed by atoms with van der Waals surface area (Å²) in [6, 6.07) is 9.49. The lowest BCUT2D eigenvalue weighted by Crippen LogP contribution is -2.23. The van der Waals surface area contributed by atoms with Crippen LogP contribution in [0.15, 0.2) is 55.2 Å². The molecule has 0 unspecified atom stereocenters. The molecular formula is C23H23N9O. The van der Waals surface area contributed by atoms with E-state index in [1.165, 1.54) is 0 Å². The largest absolute Gasteiger partial charge is 0.350 e. The lowest BCUT2D eigenvalue weighted by Gasteiger charge is -2.07. The van der Waals surface area contributed by atoms with Crippen LogP contribution in [-0.4, -0.2) is 40.2 Å². The van der Waals surface area contributed by atoms with E-state index >= 15 is 0 Å². The molecule has 4 aromatic heterocycles. The van der Waals surface area contributed by atoms with Gasteiger partial charge in [0.2, 0.25) is 5.95 Å². The van der Waals surface area contributed by atoms with E-state index in [2.05, 4.69) is 35.7 Å². The van der Waals surface area contributed by atoms with E-state index in [0.29, 0.717) is 18.2 Å². The van der Waals surface area contributed by atoms with E-state index < -0.39 is 0 Å². The maximum Gasteiger partial charge on any atom is 0.268 e. The maximum absolute atomic E-state index is 12.6. The van der Waals surface area contributed by atoms with Gasteiger partial charge in [0.15, 0.2) is 0 Å². The average Bonchev–Trinajstić information content (AvgIpc) is 3.52. The molecule has 0 fully saturated rings. The van der Waals surface area contributed by atoms with E-state index in [1.807, 2.05) is 68.3 Å². The number of aromatic amines is 1. The predicted octanol–water partition coefficient (Wildman–Crippen LogP) is 3.07. The first-order valence-electron chi connectivity index (χ1n) is 10.4. The third-order valence-electron chi connectivity index (χ3n) is 5.25. The molecule has 1 amide bonds. The monoisotopic (exact) mass is 441 g/mol. The normalized spacial score (nSPS) is 11.1. The number of aromatic nitrogens is 7. The Morgan fingerprint density at radius 2 is 2.00 bits per heavy atom. The fourth-order valence-electron chi connectivity index (χ4n) is 3.68. The predicted molar refractivity (Wildman–Crippen MR) is 125 cm³/mol. The van der Waals surface area contributed by atoms with Crippen molar-refractivity contribution >= 4 is 28.4 Å². The third kappa shape index (κ3) is 4.31. The summed E-state index contributed by atoms with van der Waals surface area (Å²) in [6.07, 6.45) is 7.18. The molecule has 10 nitrogen and oxygen atoms in total. The highest BCUT2D eigenvalue weighted by Gasteiger charge is 2.13. The number of hydrogen-bond donors (Lipinski definition) is 3. The van der Waals surface area contributed by atoms with Gasteiger partial charge in [-0.05, 0) is 42.8 Å². The first kappa shape index (κ1) is 20.4. The van der Waals surface area contributed by atoms with Crippen LogP contribution in [0, 0.1) is 6.92 Å². The second kappa shape index (κ2) is 8.23. The molecule has 5 aromatic rings. The minimum absolute atomic E-state index is 0.183. The van der Waals surface area contributed by atoms with Crippen molar-refractivity contribution in [3.8, 4) is 11.4 Å². The zero-order valence-corrected chi connectivity index (χ0v) is 18.5. The van der Waals surface area contributed by atoms with Crippen LogP contribution in [-0.2, 0) is 20.6 Å². The van der Waals surface area contributed by atoms with Crippen molar-refractivity contribution in [2.45, 2.75) is 13.5 Å². The molecule has 0 spiro atoms. The number of nitrogens with zero attached hydrogens (tertiary/aromatic N) is 6. The molecule has 10 heteroatoms. The molecule has 5 rings (SSSR count). The summed E-state index contributed by atoms with van der Waals surface area (Å²) in [7, 11) is 3.76. The Morgan fingerprint density at radius 1 is 1.12 bits per heavy atom. The number of rotatable bonds is 6. The molecular weight excluding hydrogens is 418 g/mol. The number of aryl methyl sites for hydroxylation is 3. The fourth-order valence-corrected chi connectivity index (χ4v) is 3.68. The summed E-state index contributed by atoms with van der Waals surface area (Å²) >= 11 is 0. The van der Waals surface area contributed by atoms with Crippen LogP contribution >= 0.6 is 0 Å². The third-order valence-corrected chi connectivity index (χ3v) is 5.25. The summed E-state index contributed by atoms with van der Waals surface area (Å²) in [5.41, 5.74) is 5.55. The molecule has 3 N–H and O–H groups in total. The number of carbonyl (C=O) groups excluding carboxylic acids is 1.